The summed E-state index contributed by atoms with van der Waals surface area (Å²) in [5.74, 6) is 0. The number of aliphatic hydroxyl groups excluding tert-OH is 1. The monoisotopic (exact) mass is 110 g/mol. The zero-order valence-corrected chi connectivity index (χ0v) is 4.96. The highest BCUT2D eigenvalue weighted by atomic mass is 16.3. The Morgan fingerprint density at radius 1 is 1.75 bits per heavy atom. The van der Waals surface area contributed by atoms with E-state index >= 15 is 0 Å². The van der Waals surface area contributed by atoms with Crippen LogP contribution in [0.3, 0.4) is 0 Å². The molecule has 8 heavy (non-hydrogen) atoms. The molecule has 0 saturated heterocycles. The maximum atomic E-state index is 8.95. The fourth-order valence-electron chi connectivity index (χ4n) is 0.820. The van der Waals surface area contributed by atoms with Gasteiger partial charge in [-0.2, -0.15) is 0 Å². The van der Waals surface area contributed by atoms with E-state index in [9.17, 15) is 0 Å². The molecule has 0 aromatic carbocycles. The molecular weight excluding hydrogens is 100 g/mol. The molecular formula is C7H10O. The van der Waals surface area contributed by atoms with Crippen LogP contribution < -0.4 is 0 Å². The third-order valence-electron chi connectivity index (χ3n) is 1.21. The van der Waals surface area contributed by atoms with Gasteiger partial charge in [-0.05, 0) is 13.3 Å². The van der Waals surface area contributed by atoms with Crippen molar-refractivity contribution in [3.8, 4) is 0 Å². The maximum absolute atomic E-state index is 8.95. The fraction of sp³-hybridized carbons (Fsp3) is 0.429. The highest BCUT2D eigenvalue weighted by molar-refractivity contribution is 5.21. The molecule has 0 aliphatic heterocycles. The molecule has 0 bridgehead atoms. The SMILES string of the molecule is CC1=C[C@@H](O)CC=C1. The van der Waals surface area contributed by atoms with E-state index in [1.54, 1.807) is 0 Å². The van der Waals surface area contributed by atoms with Crippen LogP contribution in [-0.2, 0) is 0 Å². The Bertz CT molecular complexity index is 133. The summed E-state index contributed by atoms with van der Waals surface area (Å²) in [6.45, 7) is 1.98. The fourth-order valence-corrected chi connectivity index (χ4v) is 0.820. The summed E-state index contributed by atoms with van der Waals surface area (Å²) in [6.07, 6.45) is 6.41. The van der Waals surface area contributed by atoms with E-state index in [1.807, 2.05) is 25.2 Å². The average Bonchev–Trinajstić information content (AvgIpc) is 1.64. The largest absolute Gasteiger partial charge is 0.389 e. The standard InChI is InChI=1S/C7H10O/c1-6-3-2-4-7(8)5-6/h2-3,5,7-8H,4H2,1H3/t7-/m0/s1. The third kappa shape index (κ3) is 1.20. The quantitative estimate of drug-likeness (QED) is 0.497. The minimum atomic E-state index is -0.236. The number of allylic oxidation sites excluding steroid dienone is 2. The Morgan fingerprint density at radius 2 is 2.50 bits per heavy atom. The molecule has 1 heteroatoms. The highest BCUT2D eigenvalue weighted by Crippen LogP contribution is 2.08. The van der Waals surface area contributed by atoms with Crippen LogP contribution >= 0.6 is 0 Å². The number of aliphatic hydroxyl groups is 1. The van der Waals surface area contributed by atoms with Crippen LogP contribution in [0.5, 0.6) is 0 Å². The Balaban J connectivity index is 2.63. The van der Waals surface area contributed by atoms with Gasteiger partial charge >= 0.3 is 0 Å². The minimum absolute atomic E-state index is 0.236. The molecule has 1 N–H and O–H groups in total. The van der Waals surface area contributed by atoms with Gasteiger partial charge in [0.15, 0.2) is 0 Å². The predicted octanol–water partition coefficient (Wildman–Crippen LogP) is 1.25. The first-order chi connectivity index (χ1) is 3.79. The van der Waals surface area contributed by atoms with Gasteiger partial charge in [0.25, 0.3) is 0 Å². The molecule has 0 spiro atoms. The molecule has 1 nitrogen and oxygen atoms in total. The lowest BCUT2D eigenvalue weighted by Gasteiger charge is -2.06. The number of hydrogen-bond donors (Lipinski definition) is 1. The van der Waals surface area contributed by atoms with Crippen molar-refractivity contribution in [2.75, 3.05) is 0 Å². The van der Waals surface area contributed by atoms with Gasteiger partial charge in [-0.15, -0.1) is 0 Å². The summed E-state index contributed by atoms with van der Waals surface area (Å²) in [5.41, 5.74) is 1.16. The summed E-state index contributed by atoms with van der Waals surface area (Å²) in [7, 11) is 0. The van der Waals surface area contributed by atoms with Gasteiger partial charge in [0.1, 0.15) is 0 Å². The van der Waals surface area contributed by atoms with Gasteiger partial charge in [-0.1, -0.05) is 23.8 Å². The van der Waals surface area contributed by atoms with Crippen molar-refractivity contribution in [3.63, 3.8) is 0 Å². The summed E-state index contributed by atoms with van der Waals surface area (Å²) in [5, 5.41) is 8.95. The van der Waals surface area contributed by atoms with Gasteiger partial charge in [-0.25, -0.2) is 0 Å². The smallest absolute Gasteiger partial charge is 0.0761 e. The average molecular weight is 110 g/mol. The summed E-state index contributed by atoms with van der Waals surface area (Å²) in [6, 6.07) is 0. The molecule has 44 valence electrons. The van der Waals surface area contributed by atoms with Crippen LogP contribution in [0.1, 0.15) is 13.3 Å². The van der Waals surface area contributed by atoms with Crippen molar-refractivity contribution >= 4 is 0 Å². The second-order valence-corrected chi connectivity index (χ2v) is 2.12. The molecule has 0 amide bonds. The third-order valence-corrected chi connectivity index (χ3v) is 1.21. The molecule has 0 heterocycles. The van der Waals surface area contributed by atoms with Gasteiger partial charge in [0.2, 0.25) is 0 Å². The van der Waals surface area contributed by atoms with E-state index < -0.39 is 0 Å². The van der Waals surface area contributed by atoms with Gasteiger partial charge < -0.3 is 5.11 Å². The van der Waals surface area contributed by atoms with E-state index in [4.69, 9.17) is 5.11 Å². The zero-order valence-electron chi connectivity index (χ0n) is 4.96. The van der Waals surface area contributed by atoms with Gasteiger partial charge in [-0.3, -0.25) is 0 Å². The van der Waals surface area contributed by atoms with E-state index in [0.717, 1.165) is 12.0 Å². The van der Waals surface area contributed by atoms with Crippen LogP contribution in [-0.4, -0.2) is 11.2 Å². The highest BCUT2D eigenvalue weighted by Gasteiger charge is 1.99. The molecule has 1 aliphatic carbocycles. The molecule has 1 aliphatic rings. The van der Waals surface area contributed by atoms with Crippen molar-refractivity contribution < 1.29 is 5.11 Å². The van der Waals surface area contributed by atoms with E-state index in [2.05, 4.69) is 0 Å². The Kier molecular flexibility index (Phi) is 1.49. The molecule has 1 atom stereocenters. The van der Waals surface area contributed by atoms with Crippen LogP contribution in [0.2, 0.25) is 0 Å². The molecule has 0 unspecified atom stereocenters. The van der Waals surface area contributed by atoms with Crippen molar-refractivity contribution in [2.24, 2.45) is 0 Å². The molecule has 0 aromatic rings. The van der Waals surface area contributed by atoms with Crippen molar-refractivity contribution in [1.29, 1.82) is 0 Å². The van der Waals surface area contributed by atoms with Crippen molar-refractivity contribution in [1.82, 2.24) is 0 Å². The lowest BCUT2D eigenvalue weighted by atomic mass is 10.1. The van der Waals surface area contributed by atoms with E-state index in [-0.39, 0.29) is 6.10 Å². The van der Waals surface area contributed by atoms with Gasteiger partial charge in [0, 0.05) is 0 Å². The van der Waals surface area contributed by atoms with E-state index in [1.165, 1.54) is 0 Å². The lowest BCUT2D eigenvalue weighted by Crippen LogP contribution is -2.03. The first kappa shape index (κ1) is 5.57. The second kappa shape index (κ2) is 2.14. The zero-order chi connectivity index (χ0) is 5.98. The Labute approximate surface area is 49.3 Å². The lowest BCUT2D eigenvalue weighted by molar-refractivity contribution is 0.225. The Hall–Kier alpha value is -0.560. The van der Waals surface area contributed by atoms with Crippen LogP contribution in [0, 0.1) is 0 Å². The Morgan fingerprint density at radius 3 is 2.88 bits per heavy atom. The first-order valence-corrected chi connectivity index (χ1v) is 2.82. The molecule has 1 rings (SSSR count). The number of hydrogen-bond acceptors (Lipinski definition) is 1. The molecule has 0 aromatic heterocycles. The second-order valence-electron chi connectivity index (χ2n) is 2.12. The number of rotatable bonds is 0. The van der Waals surface area contributed by atoms with E-state index in [0.29, 0.717) is 0 Å². The molecule has 0 radical (unpaired) electrons. The maximum Gasteiger partial charge on any atom is 0.0761 e. The van der Waals surface area contributed by atoms with Crippen LogP contribution in [0.15, 0.2) is 23.8 Å². The molecule has 0 saturated carbocycles. The summed E-state index contributed by atoms with van der Waals surface area (Å²) in [4.78, 5) is 0. The normalized spacial score (nSPS) is 27.8. The predicted molar refractivity (Wildman–Crippen MR) is 33.5 cm³/mol. The van der Waals surface area contributed by atoms with Crippen LogP contribution in [0.25, 0.3) is 0 Å². The summed E-state index contributed by atoms with van der Waals surface area (Å²) >= 11 is 0. The molecule has 0 fully saturated rings. The topological polar surface area (TPSA) is 20.2 Å². The van der Waals surface area contributed by atoms with Crippen molar-refractivity contribution in [2.45, 2.75) is 19.4 Å². The minimum Gasteiger partial charge on any atom is -0.389 e. The van der Waals surface area contributed by atoms with Gasteiger partial charge in [0.05, 0.1) is 6.10 Å². The van der Waals surface area contributed by atoms with Crippen molar-refractivity contribution in [3.05, 3.63) is 23.8 Å². The summed E-state index contributed by atoms with van der Waals surface area (Å²) < 4.78 is 0. The first-order valence-electron chi connectivity index (χ1n) is 2.82. The van der Waals surface area contributed by atoms with Crippen LogP contribution in [0.4, 0.5) is 0 Å².